The van der Waals surface area contributed by atoms with Crippen molar-refractivity contribution in [2.45, 2.75) is 19.3 Å². The van der Waals surface area contributed by atoms with E-state index < -0.39 is 0 Å². The summed E-state index contributed by atoms with van der Waals surface area (Å²) in [4.78, 5) is 2.38. The van der Waals surface area contributed by atoms with Crippen LogP contribution < -0.4 is 4.90 Å². The number of nitrogens with zero attached hydrogens (tertiary/aromatic N) is 1. The molecule has 0 radical (unpaired) electrons. The van der Waals surface area contributed by atoms with Crippen LogP contribution in [0, 0.1) is 0 Å². The highest BCUT2D eigenvalue weighted by Crippen LogP contribution is 2.60. The number of anilines is 3. The van der Waals surface area contributed by atoms with Gasteiger partial charge >= 0.3 is 0 Å². The number of hydrogen-bond donors (Lipinski definition) is 0. The van der Waals surface area contributed by atoms with Gasteiger partial charge in [0.1, 0.15) is 22.3 Å². The molecule has 0 spiro atoms. The highest BCUT2D eigenvalue weighted by atomic mass is 16.3. The van der Waals surface area contributed by atoms with E-state index in [2.05, 4.69) is 170 Å². The summed E-state index contributed by atoms with van der Waals surface area (Å²) in [6.45, 7) is 4.73. The molecule has 2 heterocycles. The minimum absolute atomic E-state index is 0.291. The molecule has 8 aromatic carbocycles. The number of fused-ring (bicyclic) bond motifs is 13. The van der Waals surface area contributed by atoms with Crippen LogP contribution in [0.25, 0.3) is 76.9 Å². The Labute approximate surface area is 301 Å². The van der Waals surface area contributed by atoms with E-state index in [9.17, 15) is 0 Å². The second kappa shape index (κ2) is 10.7. The number of furan rings is 2. The summed E-state index contributed by atoms with van der Waals surface area (Å²) in [7, 11) is 0. The fraction of sp³-hybridized carbons (Fsp3) is 0.0612. The predicted octanol–water partition coefficient (Wildman–Crippen LogP) is 14.1. The van der Waals surface area contributed by atoms with Crippen LogP contribution in [0.5, 0.6) is 0 Å². The standard InChI is InChI=1S/C49H33NO2/c1-49(2)38-23-14-24-39(50(31-17-7-4-8-18-31)32-27-28-35-34-19-11-12-25-40(34)51-42(35)29-32)45(38)46-47(49)37-21-10-9-20-36(37)44-43-33(30-15-5-3-6-16-30)22-13-26-41(43)52-48(44)46/h3-29H,1-2H3. The third kappa shape index (κ3) is 3.96. The van der Waals surface area contributed by atoms with E-state index in [0.717, 1.165) is 60.9 Å². The topological polar surface area (TPSA) is 29.5 Å². The monoisotopic (exact) mass is 667 g/mol. The average Bonchev–Trinajstić information content (AvgIpc) is 3.84. The Kier molecular flexibility index (Phi) is 6.01. The quantitative estimate of drug-likeness (QED) is 0.187. The van der Waals surface area contributed by atoms with Crippen molar-refractivity contribution in [1.29, 1.82) is 0 Å². The van der Waals surface area contributed by atoms with Crippen molar-refractivity contribution < 1.29 is 8.83 Å². The minimum atomic E-state index is -0.291. The fourth-order valence-electron chi connectivity index (χ4n) is 9.00. The molecule has 0 fully saturated rings. The first kappa shape index (κ1) is 29.2. The molecule has 3 nitrogen and oxygen atoms in total. The molecule has 0 atom stereocenters. The lowest BCUT2D eigenvalue weighted by molar-refractivity contribution is 0.658. The third-order valence-corrected chi connectivity index (χ3v) is 11.2. The van der Waals surface area contributed by atoms with Crippen molar-refractivity contribution in [1.82, 2.24) is 0 Å². The molecular formula is C49H33NO2. The Bertz CT molecular complexity index is 3040. The molecule has 0 amide bonds. The molecule has 0 N–H and O–H groups in total. The van der Waals surface area contributed by atoms with E-state index in [-0.39, 0.29) is 5.41 Å². The largest absolute Gasteiger partial charge is 0.456 e. The summed E-state index contributed by atoms with van der Waals surface area (Å²) >= 11 is 0. The van der Waals surface area contributed by atoms with Gasteiger partial charge in [0.2, 0.25) is 0 Å². The van der Waals surface area contributed by atoms with Crippen LogP contribution in [0.2, 0.25) is 0 Å². The van der Waals surface area contributed by atoms with Crippen molar-refractivity contribution >= 4 is 71.7 Å². The van der Waals surface area contributed by atoms with E-state index in [0.29, 0.717) is 0 Å². The fourth-order valence-corrected chi connectivity index (χ4v) is 9.00. The Balaban J connectivity index is 1.26. The molecule has 10 aromatic rings. The van der Waals surface area contributed by atoms with E-state index >= 15 is 0 Å². The molecule has 11 rings (SSSR count). The number of benzene rings is 8. The van der Waals surface area contributed by atoms with Crippen LogP contribution in [0.4, 0.5) is 17.1 Å². The second-order valence-corrected chi connectivity index (χ2v) is 14.4. The lowest BCUT2D eigenvalue weighted by Crippen LogP contribution is -2.16. The predicted molar refractivity (Wildman–Crippen MR) is 216 cm³/mol. The molecule has 0 saturated carbocycles. The van der Waals surface area contributed by atoms with Gasteiger partial charge in [-0.25, -0.2) is 0 Å². The summed E-state index contributed by atoms with van der Waals surface area (Å²) < 4.78 is 13.6. The molecule has 3 heteroatoms. The van der Waals surface area contributed by atoms with Crippen LogP contribution in [-0.2, 0) is 5.41 Å². The maximum atomic E-state index is 7.12. The van der Waals surface area contributed by atoms with Gasteiger partial charge in [0.15, 0.2) is 0 Å². The molecule has 246 valence electrons. The Morgan fingerprint density at radius 2 is 1.13 bits per heavy atom. The Hall–Kier alpha value is -6.58. The van der Waals surface area contributed by atoms with Crippen molar-refractivity contribution in [3.8, 4) is 22.3 Å². The lowest BCUT2D eigenvalue weighted by atomic mass is 9.79. The SMILES string of the molecule is CC1(C)c2cccc(N(c3ccccc3)c3ccc4c(c3)oc3ccccc34)c2-c2c1c1ccccc1c1c2oc2cccc(-c3ccccc3)c21. The van der Waals surface area contributed by atoms with E-state index in [1.54, 1.807) is 0 Å². The van der Waals surface area contributed by atoms with Gasteiger partial charge < -0.3 is 13.7 Å². The van der Waals surface area contributed by atoms with Crippen LogP contribution in [0.1, 0.15) is 25.0 Å². The highest BCUT2D eigenvalue weighted by Gasteiger charge is 2.42. The zero-order valence-electron chi connectivity index (χ0n) is 28.9. The average molecular weight is 668 g/mol. The summed E-state index contributed by atoms with van der Waals surface area (Å²) in [6, 6.07) is 58.4. The van der Waals surface area contributed by atoms with Gasteiger partial charge in [0.05, 0.1) is 5.69 Å². The summed E-state index contributed by atoms with van der Waals surface area (Å²) in [5.74, 6) is 0. The van der Waals surface area contributed by atoms with Crippen LogP contribution >= 0.6 is 0 Å². The molecule has 1 aliphatic rings. The summed E-state index contributed by atoms with van der Waals surface area (Å²) in [5.41, 5.74) is 13.8. The number of rotatable bonds is 4. The molecule has 0 aliphatic heterocycles. The summed E-state index contributed by atoms with van der Waals surface area (Å²) in [5, 5.41) is 7.04. The smallest absolute Gasteiger partial charge is 0.144 e. The molecule has 0 unspecified atom stereocenters. The van der Waals surface area contributed by atoms with E-state index in [1.807, 2.05) is 12.1 Å². The van der Waals surface area contributed by atoms with Crippen LogP contribution in [-0.4, -0.2) is 0 Å². The van der Waals surface area contributed by atoms with Crippen molar-refractivity contribution in [2.24, 2.45) is 0 Å². The van der Waals surface area contributed by atoms with Gasteiger partial charge in [-0.1, -0.05) is 129 Å². The van der Waals surface area contributed by atoms with E-state index in [4.69, 9.17) is 8.83 Å². The minimum Gasteiger partial charge on any atom is -0.456 e. The van der Waals surface area contributed by atoms with Crippen molar-refractivity contribution in [3.05, 3.63) is 175 Å². The third-order valence-electron chi connectivity index (χ3n) is 11.2. The number of para-hydroxylation sites is 2. The van der Waals surface area contributed by atoms with Crippen molar-refractivity contribution in [3.63, 3.8) is 0 Å². The Morgan fingerprint density at radius 3 is 1.96 bits per heavy atom. The van der Waals surface area contributed by atoms with Gasteiger partial charge in [-0.2, -0.15) is 0 Å². The first-order valence-corrected chi connectivity index (χ1v) is 17.9. The van der Waals surface area contributed by atoms with Gasteiger partial charge in [0.25, 0.3) is 0 Å². The number of hydrogen-bond acceptors (Lipinski definition) is 3. The molecular weight excluding hydrogens is 635 g/mol. The first-order chi connectivity index (χ1) is 25.6. The molecule has 0 saturated heterocycles. The Morgan fingerprint density at radius 1 is 0.462 bits per heavy atom. The summed E-state index contributed by atoms with van der Waals surface area (Å²) in [6.07, 6.45) is 0. The maximum Gasteiger partial charge on any atom is 0.144 e. The van der Waals surface area contributed by atoms with Gasteiger partial charge in [-0.15, -0.1) is 0 Å². The van der Waals surface area contributed by atoms with Crippen molar-refractivity contribution in [2.75, 3.05) is 4.90 Å². The van der Waals surface area contributed by atoms with Gasteiger partial charge in [-0.3, -0.25) is 0 Å². The van der Waals surface area contributed by atoms with Crippen LogP contribution in [0.15, 0.2) is 173 Å². The molecule has 1 aliphatic carbocycles. The van der Waals surface area contributed by atoms with Gasteiger partial charge in [0, 0.05) is 55.5 Å². The first-order valence-electron chi connectivity index (χ1n) is 17.9. The molecule has 0 bridgehead atoms. The zero-order valence-corrected chi connectivity index (χ0v) is 28.9. The van der Waals surface area contributed by atoms with E-state index in [1.165, 1.54) is 44.2 Å². The second-order valence-electron chi connectivity index (χ2n) is 14.4. The molecule has 52 heavy (non-hydrogen) atoms. The highest BCUT2D eigenvalue weighted by molar-refractivity contribution is 6.28. The zero-order chi connectivity index (χ0) is 34.6. The molecule has 2 aromatic heterocycles. The lowest BCUT2D eigenvalue weighted by Gasteiger charge is -2.28. The van der Waals surface area contributed by atoms with Crippen LogP contribution in [0.3, 0.4) is 0 Å². The van der Waals surface area contributed by atoms with Gasteiger partial charge in [-0.05, 0) is 75.5 Å². The maximum absolute atomic E-state index is 7.12. The normalized spacial score (nSPS) is 13.3.